The van der Waals surface area contributed by atoms with Gasteiger partial charge in [0.25, 0.3) is 0 Å². The van der Waals surface area contributed by atoms with Crippen LogP contribution in [-0.4, -0.2) is 31.8 Å². The normalized spacial score (nSPS) is 20.1. The van der Waals surface area contributed by atoms with E-state index < -0.39 is 0 Å². The molecule has 0 saturated carbocycles. The molecule has 1 atom stereocenters. The summed E-state index contributed by atoms with van der Waals surface area (Å²) >= 11 is 0. The lowest BCUT2D eigenvalue weighted by Gasteiger charge is -2.09. The topological polar surface area (TPSA) is 15.3 Å². The predicted molar refractivity (Wildman–Crippen MR) is 57.4 cm³/mol. The quantitative estimate of drug-likeness (QED) is 0.676. The molecule has 1 aliphatic heterocycles. The molecular weight excluding hydrogens is 167 g/mol. The molecule has 1 aliphatic rings. The molecule has 0 aliphatic carbocycles. The van der Waals surface area contributed by atoms with Gasteiger partial charge in [0, 0.05) is 13.6 Å². The standard InChI is InChI=1S/C6H13FN2.2C2H6/c1-9(7)5-6-2-3-8-4-6;2*1-2/h6,8H,2-5H2,1H3;2*1-2H3. The summed E-state index contributed by atoms with van der Waals surface area (Å²) in [6.45, 7) is 10.6. The molecule has 1 unspecified atom stereocenters. The monoisotopic (exact) mass is 192 g/mol. The van der Waals surface area contributed by atoms with Gasteiger partial charge < -0.3 is 5.32 Å². The summed E-state index contributed by atoms with van der Waals surface area (Å²) in [5.74, 6) is 0.528. The van der Waals surface area contributed by atoms with Gasteiger partial charge in [-0.2, -0.15) is 0 Å². The van der Waals surface area contributed by atoms with Gasteiger partial charge in [-0.1, -0.05) is 27.7 Å². The van der Waals surface area contributed by atoms with Crippen molar-refractivity contribution < 1.29 is 4.48 Å². The maximum atomic E-state index is 12.2. The van der Waals surface area contributed by atoms with Crippen LogP contribution in [0.25, 0.3) is 0 Å². The van der Waals surface area contributed by atoms with Crippen molar-refractivity contribution >= 4 is 0 Å². The first kappa shape index (κ1) is 15.3. The van der Waals surface area contributed by atoms with Gasteiger partial charge in [-0.15, -0.1) is 9.60 Å². The molecule has 82 valence electrons. The molecule has 1 saturated heterocycles. The highest BCUT2D eigenvalue weighted by Crippen LogP contribution is 2.08. The van der Waals surface area contributed by atoms with Gasteiger partial charge in [-0.25, -0.2) is 0 Å². The number of nitrogens with one attached hydrogen (secondary N) is 1. The first-order valence-electron chi connectivity index (χ1n) is 5.36. The van der Waals surface area contributed by atoms with Crippen LogP contribution >= 0.6 is 0 Å². The van der Waals surface area contributed by atoms with Crippen LogP contribution < -0.4 is 5.32 Å². The smallest absolute Gasteiger partial charge is 0.0328 e. The van der Waals surface area contributed by atoms with Gasteiger partial charge in [-0.3, -0.25) is 0 Å². The highest BCUT2D eigenvalue weighted by atomic mass is 19.2. The van der Waals surface area contributed by atoms with Crippen LogP contribution in [-0.2, 0) is 0 Å². The minimum absolute atomic E-state index is 0.528. The fourth-order valence-corrected chi connectivity index (χ4v) is 1.23. The number of hydrogen-bond donors (Lipinski definition) is 1. The maximum absolute atomic E-state index is 12.2. The molecule has 0 radical (unpaired) electrons. The highest BCUT2D eigenvalue weighted by Gasteiger charge is 2.15. The van der Waals surface area contributed by atoms with Gasteiger partial charge >= 0.3 is 0 Å². The van der Waals surface area contributed by atoms with Gasteiger partial charge in [0.05, 0.1) is 0 Å². The van der Waals surface area contributed by atoms with E-state index in [9.17, 15) is 4.48 Å². The average Bonchev–Trinajstić information content (AvgIpc) is 2.63. The van der Waals surface area contributed by atoms with Crippen LogP contribution in [0.3, 0.4) is 0 Å². The third-order valence-electron chi connectivity index (χ3n) is 1.67. The van der Waals surface area contributed by atoms with E-state index in [0.717, 1.165) is 24.6 Å². The minimum Gasteiger partial charge on any atom is -0.316 e. The van der Waals surface area contributed by atoms with Crippen LogP contribution in [0.5, 0.6) is 0 Å². The first-order chi connectivity index (χ1) is 6.29. The van der Waals surface area contributed by atoms with Crippen LogP contribution in [0, 0.1) is 5.92 Å². The molecule has 13 heavy (non-hydrogen) atoms. The van der Waals surface area contributed by atoms with Crippen molar-refractivity contribution in [3.8, 4) is 0 Å². The van der Waals surface area contributed by atoms with Gasteiger partial charge in [-0.05, 0) is 25.4 Å². The summed E-state index contributed by atoms with van der Waals surface area (Å²) in [5, 5.41) is 3.95. The molecule has 1 heterocycles. The van der Waals surface area contributed by atoms with Crippen molar-refractivity contribution in [3.63, 3.8) is 0 Å². The molecule has 0 bridgehead atoms. The maximum Gasteiger partial charge on any atom is 0.0328 e. The fourth-order valence-electron chi connectivity index (χ4n) is 1.23. The molecule has 0 spiro atoms. The van der Waals surface area contributed by atoms with Gasteiger partial charge in [0.2, 0.25) is 0 Å². The lowest BCUT2D eigenvalue weighted by atomic mass is 10.1. The Bertz CT molecular complexity index is 81.0. The molecule has 0 aromatic carbocycles. The van der Waals surface area contributed by atoms with E-state index in [4.69, 9.17) is 0 Å². The summed E-state index contributed by atoms with van der Waals surface area (Å²) in [6.07, 6.45) is 1.12. The second-order valence-electron chi connectivity index (χ2n) is 2.65. The Morgan fingerprint density at radius 1 is 1.31 bits per heavy atom. The summed E-state index contributed by atoms with van der Waals surface area (Å²) in [6, 6.07) is 0. The third-order valence-corrected chi connectivity index (χ3v) is 1.67. The molecule has 2 nitrogen and oxygen atoms in total. The van der Waals surface area contributed by atoms with Crippen LogP contribution in [0.4, 0.5) is 4.48 Å². The van der Waals surface area contributed by atoms with E-state index in [1.165, 1.54) is 7.05 Å². The summed E-state index contributed by atoms with van der Waals surface area (Å²) in [4.78, 5) is 0. The van der Waals surface area contributed by atoms with E-state index in [1.807, 2.05) is 27.7 Å². The molecule has 1 fully saturated rings. The number of halogens is 1. The summed E-state index contributed by atoms with van der Waals surface area (Å²) in [5.41, 5.74) is 0. The lowest BCUT2D eigenvalue weighted by Crippen LogP contribution is -2.20. The molecule has 0 aromatic heterocycles. The predicted octanol–water partition coefficient (Wildman–Crippen LogP) is 2.46. The minimum atomic E-state index is 0.528. The van der Waals surface area contributed by atoms with Crippen molar-refractivity contribution in [2.24, 2.45) is 5.92 Å². The zero-order chi connectivity index (χ0) is 10.7. The summed E-state index contributed by atoms with van der Waals surface area (Å²) in [7, 11) is 1.47. The van der Waals surface area contributed by atoms with E-state index in [0.29, 0.717) is 12.5 Å². The molecule has 3 heteroatoms. The Balaban J connectivity index is 0. The summed E-state index contributed by atoms with van der Waals surface area (Å²) < 4.78 is 12.2. The lowest BCUT2D eigenvalue weighted by molar-refractivity contribution is 0.0440. The Hall–Kier alpha value is -0.150. The third kappa shape index (κ3) is 9.77. The van der Waals surface area contributed by atoms with E-state index >= 15 is 0 Å². The SMILES string of the molecule is CC.CC.CN(F)CC1CCNC1. The van der Waals surface area contributed by atoms with Gasteiger partial charge in [0.1, 0.15) is 0 Å². The van der Waals surface area contributed by atoms with E-state index in [-0.39, 0.29) is 0 Å². The molecule has 1 rings (SSSR count). The van der Waals surface area contributed by atoms with Crippen LogP contribution in [0.1, 0.15) is 34.1 Å². The molecule has 0 amide bonds. The second-order valence-corrected chi connectivity index (χ2v) is 2.65. The van der Waals surface area contributed by atoms with Crippen molar-refractivity contribution in [1.82, 2.24) is 10.4 Å². The van der Waals surface area contributed by atoms with Crippen molar-refractivity contribution in [2.75, 3.05) is 26.7 Å². The zero-order valence-electron chi connectivity index (χ0n) is 9.73. The molecular formula is C10H25FN2. The largest absolute Gasteiger partial charge is 0.316 e. The number of nitrogens with zero attached hydrogens (tertiary/aromatic N) is 1. The Morgan fingerprint density at radius 3 is 2.15 bits per heavy atom. The zero-order valence-corrected chi connectivity index (χ0v) is 9.73. The Morgan fingerprint density at radius 2 is 1.85 bits per heavy atom. The fraction of sp³-hybridized carbons (Fsp3) is 1.00. The molecule has 0 aromatic rings. The van der Waals surface area contributed by atoms with Crippen molar-refractivity contribution in [1.29, 1.82) is 0 Å². The highest BCUT2D eigenvalue weighted by molar-refractivity contribution is 4.71. The number of hydrogen-bond acceptors (Lipinski definition) is 2. The average molecular weight is 192 g/mol. The first-order valence-corrected chi connectivity index (χ1v) is 5.36. The van der Waals surface area contributed by atoms with Crippen LogP contribution in [0.15, 0.2) is 0 Å². The Kier molecular flexibility index (Phi) is 14.0. The number of rotatable bonds is 2. The van der Waals surface area contributed by atoms with Gasteiger partial charge in [0.15, 0.2) is 0 Å². The van der Waals surface area contributed by atoms with Crippen LogP contribution in [0.2, 0.25) is 0 Å². The second kappa shape index (κ2) is 11.8. The van der Waals surface area contributed by atoms with Crippen molar-refractivity contribution in [2.45, 2.75) is 34.1 Å². The van der Waals surface area contributed by atoms with E-state index in [2.05, 4.69) is 5.32 Å². The Labute approximate surface area is 82.4 Å². The van der Waals surface area contributed by atoms with E-state index in [1.54, 1.807) is 0 Å². The molecule has 1 N–H and O–H groups in total. The van der Waals surface area contributed by atoms with Crippen molar-refractivity contribution in [3.05, 3.63) is 0 Å².